The SMILES string of the molecule is COc1ccc(N2CCN(CC(=O)N3CCCCCCC3)CC2)cc1. The number of carbonyl (C=O) groups is 1. The second kappa shape index (κ2) is 9.09. The summed E-state index contributed by atoms with van der Waals surface area (Å²) in [5.41, 5.74) is 1.23. The van der Waals surface area contributed by atoms with Gasteiger partial charge in [0.2, 0.25) is 5.91 Å². The van der Waals surface area contributed by atoms with Crippen LogP contribution in [0.5, 0.6) is 5.75 Å². The molecule has 1 aromatic carbocycles. The lowest BCUT2D eigenvalue weighted by Gasteiger charge is -2.37. The lowest BCUT2D eigenvalue weighted by atomic mass is 10.1. The number of ether oxygens (including phenoxy) is 1. The summed E-state index contributed by atoms with van der Waals surface area (Å²) in [4.78, 5) is 19.4. The van der Waals surface area contributed by atoms with Gasteiger partial charge in [0.25, 0.3) is 0 Å². The Morgan fingerprint density at radius 1 is 0.880 bits per heavy atom. The standard InChI is InChI=1S/C20H31N3O2/c1-25-19-9-7-18(8-10-19)22-15-13-21(14-16-22)17-20(24)23-11-5-3-2-4-6-12-23/h7-10H,2-6,11-17H2,1H3. The Morgan fingerprint density at radius 2 is 1.48 bits per heavy atom. The molecule has 0 aliphatic carbocycles. The molecule has 0 radical (unpaired) electrons. The normalized spacial score (nSPS) is 20.0. The molecule has 138 valence electrons. The summed E-state index contributed by atoms with van der Waals surface area (Å²) < 4.78 is 5.22. The molecule has 5 heteroatoms. The smallest absolute Gasteiger partial charge is 0.236 e. The van der Waals surface area contributed by atoms with Crippen LogP contribution in [0, 0.1) is 0 Å². The monoisotopic (exact) mass is 345 g/mol. The summed E-state index contributed by atoms with van der Waals surface area (Å²) in [5.74, 6) is 1.21. The molecule has 5 nitrogen and oxygen atoms in total. The number of anilines is 1. The van der Waals surface area contributed by atoms with Crippen molar-refractivity contribution in [3.8, 4) is 5.75 Å². The largest absolute Gasteiger partial charge is 0.497 e. The van der Waals surface area contributed by atoms with Crippen LogP contribution in [0.1, 0.15) is 32.1 Å². The number of amides is 1. The molecule has 25 heavy (non-hydrogen) atoms. The van der Waals surface area contributed by atoms with Gasteiger partial charge in [-0.1, -0.05) is 19.3 Å². The summed E-state index contributed by atoms with van der Waals surface area (Å²) >= 11 is 0. The van der Waals surface area contributed by atoms with Gasteiger partial charge in [0.1, 0.15) is 5.75 Å². The fourth-order valence-corrected chi connectivity index (χ4v) is 3.75. The van der Waals surface area contributed by atoms with Gasteiger partial charge in [0, 0.05) is 45.0 Å². The third-order valence-corrected chi connectivity index (χ3v) is 5.38. The van der Waals surface area contributed by atoms with Gasteiger partial charge >= 0.3 is 0 Å². The van der Waals surface area contributed by atoms with E-state index in [2.05, 4.69) is 26.8 Å². The summed E-state index contributed by atoms with van der Waals surface area (Å²) in [6, 6.07) is 8.24. The van der Waals surface area contributed by atoms with E-state index in [1.54, 1.807) is 7.11 Å². The number of hydrogen-bond acceptors (Lipinski definition) is 4. The van der Waals surface area contributed by atoms with Crippen LogP contribution >= 0.6 is 0 Å². The molecule has 2 heterocycles. The van der Waals surface area contributed by atoms with Crippen LogP contribution in [0.4, 0.5) is 5.69 Å². The summed E-state index contributed by atoms with van der Waals surface area (Å²) in [6.07, 6.45) is 6.19. The highest BCUT2D eigenvalue weighted by Gasteiger charge is 2.22. The number of piperazine rings is 1. The van der Waals surface area contributed by atoms with Crippen LogP contribution in [0.25, 0.3) is 0 Å². The lowest BCUT2D eigenvalue weighted by Crippen LogP contribution is -2.50. The molecule has 0 saturated carbocycles. The highest BCUT2D eigenvalue weighted by Crippen LogP contribution is 2.20. The van der Waals surface area contributed by atoms with Crippen LogP contribution in [0.15, 0.2) is 24.3 Å². The van der Waals surface area contributed by atoms with Gasteiger partial charge in [-0.15, -0.1) is 0 Å². The van der Waals surface area contributed by atoms with Crippen LogP contribution < -0.4 is 9.64 Å². The van der Waals surface area contributed by atoms with Crippen LogP contribution in [0.3, 0.4) is 0 Å². The fraction of sp³-hybridized carbons (Fsp3) is 0.650. The minimum Gasteiger partial charge on any atom is -0.497 e. The van der Waals surface area contributed by atoms with Crippen molar-refractivity contribution >= 4 is 11.6 Å². The average Bonchev–Trinajstić information content (AvgIpc) is 2.62. The van der Waals surface area contributed by atoms with Crippen molar-refractivity contribution in [2.45, 2.75) is 32.1 Å². The third kappa shape index (κ3) is 5.11. The second-order valence-electron chi connectivity index (χ2n) is 7.11. The van der Waals surface area contributed by atoms with Gasteiger partial charge in [-0.2, -0.15) is 0 Å². The van der Waals surface area contributed by atoms with Crippen molar-refractivity contribution in [2.24, 2.45) is 0 Å². The summed E-state index contributed by atoms with van der Waals surface area (Å²) in [5, 5.41) is 0. The zero-order valence-corrected chi connectivity index (χ0v) is 15.5. The molecule has 0 spiro atoms. The van der Waals surface area contributed by atoms with Gasteiger partial charge in [-0.3, -0.25) is 9.69 Å². The number of nitrogens with zero attached hydrogens (tertiary/aromatic N) is 3. The zero-order chi connectivity index (χ0) is 17.5. The lowest BCUT2D eigenvalue weighted by molar-refractivity contribution is -0.132. The molecule has 1 aromatic rings. The molecule has 2 saturated heterocycles. The number of hydrogen-bond donors (Lipinski definition) is 0. The molecule has 2 aliphatic rings. The number of benzene rings is 1. The highest BCUT2D eigenvalue weighted by atomic mass is 16.5. The molecule has 0 atom stereocenters. The molecule has 0 unspecified atom stereocenters. The molecule has 0 bridgehead atoms. The van der Waals surface area contributed by atoms with Crippen LogP contribution in [0.2, 0.25) is 0 Å². The first-order valence-electron chi connectivity index (χ1n) is 9.65. The maximum absolute atomic E-state index is 12.6. The maximum Gasteiger partial charge on any atom is 0.236 e. The Balaban J connectivity index is 1.45. The molecule has 1 amide bonds. The molecular formula is C20H31N3O2. The Bertz CT molecular complexity index is 530. The fourth-order valence-electron chi connectivity index (χ4n) is 3.75. The molecular weight excluding hydrogens is 314 g/mol. The first-order valence-corrected chi connectivity index (χ1v) is 9.65. The first-order chi connectivity index (χ1) is 12.3. The Morgan fingerprint density at radius 3 is 2.08 bits per heavy atom. The van der Waals surface area contributed by atoms with E-state index >= 15 is 0 Å². The van der Waals surface area contributed by atoms with Crippen molar-refractivity contribution < 1.29 is 9.53 Å². The molecule has 3 rings (SSSR count). The predicted octanol–water partition coefficient (Wildman–Crippen LogP) is 2.61. The van der Waals surface area contributed by atoms with E-state index in [9.17, 15) is 4.79 Å². The van der Waals surface area contributed by atoms with Crippen molar-refractivity contribution in [1.29, 1.82) is 0 Å². The Hall–Kier alpha value is -1.75. The van der Waals surface area contributed by atoms with E-state index in [1.807, 2.05) is 12.1 Å². The number of carbonyl (C=O) groups excluding carboxylic acids is 1. The molecule has 0 N–H and O–H groups in total. The van der Waals surface area contributed by atoms with Gasteiger partial charge in [-0.05, 0) is 37.1 Å². The zero-order valence-electron chi connectivity index (χ0n) is 15.5. The van der Waals surface area contributed by atoms with E-state index in [4.69, 9.17) is 4.74 Å². The van der Waals surface area contributed by atoms with E-state index in [-0.39, 0.29) is 0 Å². The average molecular weight is 345 g/mol. The highest BCUT2D eigenvalue weighted by molar-refractivity contribution is 5.78. The van der Waals surface area contributed by atoms with Crippen molar-refractivity contribution in [2.75, 3.05) is 57.8 Å². The van der Waals surface area contributed by atoms with Crippen molar-refractivity contribution in [1.82, 2.24) is 9.80 Å². The second-order valence-corrected chi connectivity index (χ2v) is 7.11. The van der Waals surface area contributed by atoms with Gasteiger partial charge in [0.15, 0.2) is 0 Å². The van der Waals surface area contributed by atoms with Gasteiger partial charge < -0.3 is 14.5 Å². The third-order valence-electron chi connectivity index (χ3n) is 5.38. The van der Waals surface area contributed by atoms with E-state index in [1.165, 1.54) is 24.9 Å². The van der Waals surface area contributed by atoms with Crippen LogP contribution in [-0.4, -0.2) is 68.6 Å². The van der Waals surface area contributed by atoms with E-state index in [0.717, 1.165) is 57.9 Å². The topological polar surface area (TPSA) is 36.0 Å². The minimum absolute atomic E-state index is 0.319. The Labute approximate surface area is 151 Å². The molecule has 2 fully saturated rings. The van der Waals surface area contributed by atoms with E-state index < -0.39 is 0 Å². The summed E-state index contributed by atoms with van der Waals surface area (Å²) in [7, 11) is 1.69. The van der Waals surface area contributed by atoms with Crippen molar-refractivity contribution in [3.05, 3.63) is 24.3 Å². The predicted molar refractivity (Wildman–Crippen MR) is 101 cm³/mol. The quantitative estimate of drug-likeness (QED) is 0.840. The first kappa shape index (κ1) is 18.1. The Kier molecular flexibility index (Phi) is 6.56. The number of likely N-dealkylation sites (tertiary alicyclic amines) is 1. The number of rotatable bonds is 4. The van der Waals surface area contributed by atoms with E-state index in [0.29, 0.717) is 12.5 Å². The van der Waals surface area contributed by atoms with Gasteiger partial charge in [-0.25, -0.2) is 0 Å². The van der Waals surface area contributed by atoms with Gasteiger partial charge in [0.05, 0.1) is 13.7 Å². The number of methoxy groups -OCH3 is 1. The van der Waals surface area contributed by atoms with Crippen LogP contribution in [-0.2, 0) is 4.79 Å². The van der Waals surface area contributed by atoms with Crippen molar-refractivity contribution in [3.63, 3.8) is 0 Å². The minimum atomic E-state index is 0.319. The summed E-state index contributed by atoms with van der Waals surface area (Å²) in [6.45, 7) is 6.32. The molecule has 2 aliphatic heterocycles. The maximum atomic E-state index is 12.6. The molecule has 0 aromatic heterocycles.